The summed E-state index contributed by atoms with van der Waals surface area (Å²) >= 11 is 0. The molecule has 0 heterocycles. The fraction of sp³-hybridized carbons (Fsp3) is 0.333. The molecule has 4 nitrogen and oxygen atoms in total. The summed E-state index contributed by atoms with van der Waals surface area (Å²) in [6.07, 6.45) is 1.11. The second kappa shape index (κ2) is 3.63. The van der Waals surface area contributed by atoms with Crippen molar-refractivity contribution < 1.29 is 19.8 Å². The highest BCUT2D eigenvalue weighted by Crippen LogP contribution is 2.37. The monoisotopic (exact) mass is 220 g/mol. The molecule has 0 amide bonds. The summed E-state index contributed by atoms with van der Waals surface area (Å²) < 4.78 is 0. The van der Waals surface area contributed by atoms with Gasteiger partial charge in [0.25, 0.3) is 0 Å². The van der Waals surface area contributed by atoms with Crippen LogP contribution in [0, 0.1) is 0 Å². The van der Waals surface area contributed by atoms with Crippen LogP contribution in [0.5, 0.6) is 5.75 Å². The SMILES string of the molecule is CC1CCC(=O)c2cc(C(=O)O)cc(O)c21. The van der Waals surface area contributed by atoms with E-state index in [1.54, 1.807) is 0 Å². The van der Waals surface area contributed by atoms with Crippen molar-refractivity contribution in [3.8, 4) is 5.75 Å². The number of rotatable bonds is 1. The molecule has 1 atom stereocenters. The van der Waals surface area contributed by atoms with Crippen molar-refractivity contribution in [2.24, 2.45) is 0 Å². The van der Waals surface area contributed by atoms with Crippen LogP contribution in [0.2, 0.25) is 0 Å². The quantitative estimate of drug-likeness (QED) is 0.760. The van der Waals surface area contributed by atoms with Gasteiger partial charge in [-0.05, 0) is 24.5 Å². The average Bonchev–Trinajstić information content (AvgIpc) is 2.22. The van der Waals surface area contributed by atoms with Crippen LogP contribution in [0.25, 0.3) is 0 Å². The molecule has 16 heavy (non-hydrogen) atoms. The third-order valence-corrected chi connectivity index (χ3v) is 3.00. The van der Waals surface area contributed by atoms with Crippen LogP contribution in [0.3, 0.4) is 0 Å². The number of benzene rings is 1. The minimum Gasteiger partial charge on any atom is -0.508 e. The van der Waals surface area contributed by atoms with E-state index in [1.165, 1.54) is 12.1 Å². The highest BCUT2D eigenvalue weighted by molar-refractivity contribution is 6.02. The van der Waals surface area contributed by atoms with Crippen molar-refractivity contribution in [3.05, 3.63) is 28.8 Å². The molecule has 2 N–H and O–H groups in total. The fourth-order valence-corrected chi connectivity index (χ4v) is 2.14. The number of fused-ring (bicyclic) bond motifs is 1. The predicted molar refractivity (Wildman–Crippen MR) is 57.0 cm³/mol. The number of hydrogen-bond donors (Lipinski definition) is 2. The van der Waals surface area contributed by atoms with E-state index in [-0.39, 0.29) is 23.0 Å². The van der Waals surface area contributed by atoms with E-state index >= 15 is 0 Å². The van der Waals surface area contributed by atoms with Gasteiger partial charge in [-0.2, -0.15) is 0 Å². The molecular weight excluding hydrogens is 208 g/mol. The summed E-state index contributed by atoms with van der Waals surface area (Å²) in [6, 6.07) is 2.56. The van der Waals surface area contributed by atoms with Gasteiger partial charge in [0, 0.05) is 17.5 Å². The van der Waals surface area contributed by atoms with Crippen molar-refractivity contribution in [1.82, 2.24) is 0 Å². The van der Waals surface area contributed by atoms with Crippen molar-refractivity contribution >= 4 is 11.8 Å². The lowest BCUT2D eigenvalue weighted by atomic mass is 9.82. The third-order valence-electron chi connectivity index (χ3n) is 3.00. The number of carbonyl (C=O) groups is 2. The normalized spacial score (nSPS) is 19.3. The summed E-state index contributed by atoms with van der Waals surface area (Å²) in [7, 11) is 0. The molecule has 0 fully saturated rings. The molecule has 0 radical (unpaired) electrons. The Morgan fingerprint density at radius 3 is 2.75 bits per heavy atom. The second-order valence-electron chi connectivity index (χ2n) is 4.12. The van der Waals surface area contributed by atoms with Crippen molar-refractivity contribution in [2.75, 3.05) is 0 Å². The number of aromatic carboxylic acids is 1. The van der Waals surface area contributed by atoms with Crippen LogP contribution in [0.4, 0.5) is 0 Å². The molecule has 1 aromatic rings. The minimum atomic E-state index is -1.14. The Kier molecular flexibility index (Phi) is 2.42. The lowest BCUT2D eigenvalue weighted by molar-refractivity contribution is 0.0696. The molecule has 1 unspecified atom stereocenters. The molecular formula is C12H12O4. The van der Waals surface area contributed by atoms with E-state index in [0.717, 1.165) is 0 Å². The molecule has 2 rings (SSSR count). The standard InChI is InChI=1S/C12H12O4/c1-6-2-3-9(13)8-4-7(12(15)16)5-10(14)11(6)8/h4-6,14H,2-3H2,1H3,(H,15,16). The number of hydrogen-bond acceptors (Lipinski definition) is 3. The number of carbonyl (C=O) groups excluding carboxylic acids is 1. The zero-order valence-corrected chi connectivity index (χ0v) is 8.86. The molecule has 0 saturated carbocycles. The Labute approximate surface area is 92.5 Å². The first-order valence-electron chi connectivity index (χ1n) is 5.14. The molecule has 0 spiro atoms. The van der Waals surface area contributed by atoms with Gasteiger partial charge in [0.1, 0.15) is 5.75 Å². The van der Waals surface area contributed by atoms with Gasteiger partial charge in [-0.3, -0.25) is 4.79 Å². The smallest absolute Gasteiger partial charge is 0.335 e. The van der Waals surface area contributed by atoms with Crippen molar-refractivity contribution in [2.45, 2.75) is 25.7 Å². The summed E-state index contributed by atoms with van der Waals surface area (Å²) in [5, 5.41) is 18.6. The summed E-state index contributed by atoms with van der Waals surface area (Å²) in [5.74, 6) is -1.22. The van der Waals surface area contributed by atoms with Gasteiger partial charge in [-0.15, -0.1) is 0 Å². The van der Waals surface area contributed by atoms with E-state index in [2.05, 4.69) is 0 Å². The lowest BCUT2D eigenvalue weighted by Gasteiger charge is -2.22. The molecule has 0 bridgehead atoms. The average molecular weight is 220 g/mol. The van der Waals surface area contributed by atoms with Crippen molar-refractivity contribution in [1.29, 1.82) is 0 Å². The van der Waals surface area contributed by atoms with Gasteiger partial charge in [-0.1, -0.05) is 6.92 Å². The summed E-state index contributed by atoms with van der Waals surface area (Å²) in [4.78, 5) is 22.5. The van der Waals surface area contributed by atoms with E-state index in [1.807, 2.05) is 6.92 Å². The van der Waals surface area contributed by atoms with Crippen LogP contribution in [0.1, 0.15) is 52.0 Å². The molecule has 1 aliphatic carbocycles. The molecule has 1 aromatic carbocycles. The molecule has 0 aliphatic heterocycles. The Balaban J connectivity index is 2.66. The van der Waals surface area contributed by atoms with Gasteiger partial charge in [0.15, 0.2) is 5.78 Å². The third kappa shape index (κ3) is 1.56. The molecule has 84 valence electrons. The minimum absolute atomic E-state index is 0.0429. The number of Topliss-reactive ketones (excluding diaryl/α,β-unsaturated/α-hetero) is 1. The molecule has 0 saturated heterocycles. The Hall–Kier alpha value is -1.84. The number of phenols is 1. The van der Waals surface area contributed by atoms with E-state index in [4.69, 9.17) is 5.11 Å². The van der Waals surface area contributed by atoms with Gasteiger partial charge < -0.3 is 10.2 Å². The second-order valence-corrected chi connectivity index (χ2v) is 4.12. The maximum atomic E-state index is 11.7. The van der Waals surface area contributed by atoms with Crippen LogP contribution >= 0.6 is 0 Å². The van der Waals surface area contributed by atoms with Crippen LogP contribution in [0.15, 0.2) is 12.1 Å². The largest absolute Gasteiger partial charge is 0.508 e. The lowest BCUT2D eigenvalue weighted by Crippen LogP contribution is -2.15. The zero-order valence-electron chi connectivity index (χ0n) is 8.86. The molecule has 0 aromatic heterocycles. The maximum absolute atomic E-state index is 11.7. The number of carboxylic acids is 1. The van der Waals surface area contributed by atoms with Crippen LogP contribution < -0.4 is 0 Å². The van der Waals surface area contributed by atoms with Crippen LogP contribution in [-0.4, -0.2) is 22.0 Å². The highest BCUT2D eigenvalue weighted by Gasteiger charge is 2.27. The summed E-state index contributed by atoms with van der Waals surface area (Å²) in [6.45, 7) is 1.92. The van der Waals surface area contributed by atoms with Gasteiger partial charge >= 0.3 is 5.97 Å². The Bertz CT molecular complexity index is 476. The number of phenolic OH excluding ortho intramolecular Hbond substituents is 1. The van der Waals surface area contributed by atoms with Crippen LogP contribution in [-0.2, 0) is 0 Å². The topological polar surface area (TPSA) is 74.6 Å². The Morgan fingerprint density at radius 2 is 2.12 bits per heavy atom. The molecule has 1 aliphatic rings. The highest BCUT2D eigenvalue weighted by atomic mass is 16.4. The predicted octanol–water partition coefficient (Wildman–Crippen LogP) is 2.17. The number of ketones is 1. The maximum Gasteiger partial charge on any atom is 0.335 e. The Morgan fingerprint density at radius 1 is 1.44 bits per heavy atom. The van der Waals surface area contributed by atoms with Gasteiger partial charge in [0.2, 0.25) is 0 Å². The van der Waals surface area contributed by atoms with E-state index in [0.29, 0.717) is 24.0 Å². The van der Waals surface area contributed by atoms with E-state index in [9.17, 15) is 14.7 Å². The first-order chi connectivity index (χ1) is 7.50. The number of carboxylic acid groups (broad SMARTS) is 1. The molecule has 4 heteroatoms. The van der Waals surface area contributed by atoms with E-state index < -0.39 is 5.97 Å². The zero-order chi connectivity index (χ0) is 11.9. The number of aromatic hydroxyl groups is 1. The van der Waals surface area contributed by atoms with Gasteiger partial charge in [0.05, 0.1) is 5.56 Å². The van der Waals surface area contributed by atoms with Gasteiger partial charge in [-0.25, -0.2) is 4.79 Å². The first kappa shape index (κ1) is 10.7. The summed E-state index contributed by atoms with van der Waals surface area (Å²) in [5.41, 5.74) is 0.899. The fourth-order valence-electron chi connectivity index (χ4n) is 2.14. The van der Waals surface area contributed by atoms with Crippen molar-refractivity contribution in [3.63, 3.8) is 0 Å². The first-order valence-corrected chi connectivity index (χ1v) is 5.14.